The summed E-state index contributed by atoms with van der Waals surface area (Å²) < 4.78 is 0.638. The molecule has 22 heavy (non-hydrogen) atoms. The van der Waals surface area contributed by atoms with E-state index in [0.717, 1.165) is 6.42 Å². The first-order chi connectivity index (χ1) is 10.6. The zero-order chi connectivity index (χ0) is 15.7. The lowest BCUT2D eigenvalue weighted by atomic mass is 9.95. The number of aliphatic hydroxyl groups excluding tert-OH is 1. The topological polar surface area (TPSA) is 121 Å². The monoisotopic (exact) mass is 327 g/mol. The fraction of sp³-hybridized carbons (Fsp3) is 0.750. The highest BCUT2D eigenvalue weighted by Gasteiger charge is 2.61. The molecular weight excluding hydrogens is 310 g/mol. The van der Waals surface area contributed by atoms with Crippen molar-refractivity contribution in [3.05, 3.63) is 6.33 Å². The van der Waals surface area contributed by atoms with Gasteiger partial charge in [0.2, 0.25) is 5.91 Å². The fourth-order valence-corrected chi connectivity index (χ4v) is 4.66. The Kier molecular flexibility index (Phi) is 4.04. The van der Waals surface area contributed by atoms with Crippen molar-refractivity contribution in [3.8, 4) is 0 Å². The Morgan fingerprint density at radius 1 is 1.50 bits per heavy atom. The average molecular weight is 327 g/mol. The lowest BCUT2D eigenvalue weighted by Gasteiger charge is -2.40. The van der Waals surface area contributed by atoms with Gasteiger partial charge >= 0.3 is 5.97 Å². The molecule has 0 aromatic carbocycles. The highest BCUT2D eigenvalue weighted by Crippen LogP contribution is 2.51. The number of carbonyl (C=O) groups is 2. The third kappa shape index (κ3) is 2.45. The molecule has 2 aliphatic rings. The van der Waals surface area contributed by atoms with Gasteiger partial charge in [-0.15, -0.1) is 16.9 Å². The van der Waals surface area contributed by atoms with Crippen molar-refractivity contribution in [3.63, 3.8) is 0 Å². The molecule has 2 saturated heterocycles. The van der Waals surface area contributed by atoms with Gasteiger partial charge < -0.3 is 15.1 Å². The van der Waals surface area contributed by atoms with Crippen LogP contribution in [0.1, 0.15) is 19.3 Å². The zero-order valence-corrected chi connectivity index (χ0v) is 12.6. The molecule has 3 atom stereocenters. The van der Waals surface area contributed by atoms with Gasteiger partial charge in [-0.1, -0.05) is 0 Å². The number of β-lactam (4-membered cyclic amide) rings is 1. The molecular formula is C12H17N5O4S. The lowest BCUT2D eigenvalue weighted by Crippen LogP contribution is -2.58. The van der Waals surface area contributed by atoms with Crippen molar-refractivity contribution in [2.75, 3.05) is 13.2 Å². The molecule has 1 aromatic heterocycles. The van der Waals surface area contributed by atoms with E-state index in [1.807, 2.05) is 0 Å². The summed E-state index contributed by atoms with van der Waals surface area (Å²) in [6, 6.07) is 0. The van der Waals surface area contributed by atoms with Gasteiger partial charge in [-0.2, -0.15) is 0 Å². The summed E-state index contributed by atoms with van der Waals surface area (Å²) in [7, 11) is 0. The van der Waals surface area contributed by atoms with E-state index >= 15 is 0 Å². The van der Waals surface area contributed by atoms with Gasteiger partial charge in [0.15, 0.2) is 0 Å². The van der Waals surface area contributed by atoms with Crippen molar-refractivity contribution in [1.82, 2.24) is 25.1 Å². The minimum atomic E-state index is -0.967. The van der Waals surface area contributed by atoms with Gasteiger partial charge in [0.1, 0.15) is 11.1 Å². The predicted molar refractivity (Wildman–Crippen MR) is 75.7 cm³/mol. The van der Waals surface area contributed by atoms with E-state index in [-0.39, 0.29) is 24.4 Å². The van der Waals surface area contributed by atoms with Crippen LogP contribution in [0.2, 0.25) is 0 Å². The van der Waals surface area contributed by atoms with Crippen LogP contribution in [0.3, 0.4) is 0 Å². The second-order valence-corrected chi connectivity index (χ2v) is 7.09. The Labute approximate surface area is 130 Å². The number of tetrazole rings is 1. The number of carbonyl (C=O) groups excluding carboxylic acids is 1. The summed E-state index contributed by atoms with van der Waals surface area (Å²) in [6.07, 6.45) is 3.47. The third-order valence-corrected chi connectivity index (χ3v) is 6.00. The maximum Gasteiger partial charge on any atom is 0.321 e. The normalized spacial score (nSPS) is 30.2. The van der Waals surface area contributed by atoms with Crippen molar-refractivity contribution < 1.29 is 19.8 Å². The average Bonchev–Trinajstić information content (AvgIpc) is 3.11. The van der Waals surface area contributed by atoms with E-state index in [4.69, 9.17) is 0 Å². The number of nitrogens with zero attached hydrogens (tertiary/aromatic N) is 5. The summed E-state index contributed by atoms with van der Waals surface area (Å²) in [5, 5.41) is 29.4. The summed E-state index contributed by atoms with van der Waals surface area (Å²) in [5.74, 6) is -1.48. The summed E-state index contributed by atoms with van der Waals surface area (Å²) >= 11 is 1.30. The number of thioether (sulfide) groups is 1. The first kappa shape index (κ1) is 15.2. The number of aliphatic hydroxyl groups is 1. The molecule has 9 nitrogen and oxygen atoms in total. The highest BCUT2D eigenvalue weighted by atomic mass is 32.2. The number of hydrogen-bond donors (Lipinski definition) is 2. The van der Waals surface area contributed by atoms with Crippen molar-refractivity contribution in [2.45, 2.75) is 35.9 Å². The van der Waals surface area contributed by atoms with E-state index in [0.29, 0.717) is 19.4 Å². The molecule has 0 bridgehead atoms. The highest BCUT2D eigenvalue weighted by molar-refractivity contribution is 8.02. The van der Waals surface area contributed by atoms with Crippen LogP contribution in [0.15, 0.2) is 6.33 Å². The molecule has 0 saturated carbocycles. The van der Waals surface area contributed by atoms with Crippen LogP contribution in [0.5, 0.6) is 0 Å². The van der Waals surface area contributed by atoms with Crippen LogP contribution < -0.4 is 0 Å². The van der Waals surface area contributed by atoms with E-state index < -0.39 is 16.6 Å². The Morgan fingerprint density at radius 3 is 2.95 bits per heavy atom. The van der Waals surface area contributed by atoms with E-state index in [1.54, 1.807) is 9.58 Å². The van der Waals surface area contributed by atoms with Crippen LogP contribution in [0.4, 0.5) is 0 Å². The molecule has 2 N–H and O–H groups in total. The van der Waals surface area contributed by atoms with Crippen LogP contribution in [-0.4, -0.2) is 70.5 Å². The molecule has 10 heteroatoms. The molecule has 3 heterocycles. The van der Waals surface area contributed by atoms with Crippen LogP contribution in [0, 0.1) is 5.92 Å². The molecule has 0 radical (unpaired) electrons. The largest absolute Gasteiger partial charge is 0.480 e. The molecule has 2 fully saturated rings. The second kappa shape index (κ2) is 5.84. The Hall–Kier alpha value is -1.68. The SMILES string of the molecule is O=C1[C@H](CO)[C@H]2SC(CCCCn3cnnn3)(C(=O)O)CN12. The predicted octanol–water partition coefficient (Wildman–Crippen LogP) is -0.810. The number of carboxylic acids is 1. The molecule has 1 unspecified atom stereocenters. The number of hydrogen-bond acceptors (Lipinski definition) is 7. The number of carboxylic acid groups (broad SMARTS) is 1. The third-order valence-electron chi connectivity index (χ3n) is 4.22. The smallest absolute Gasteiger partial charge is 0.321 e. The minimum absolute atomic E-state index is 0.142. The lowest BCUT2D eigenvalue weighted by molar-refractivity contribution is -0.152. The number of aliphatic carboxylic acids is 1. The quantitative estimate of drug-likeness (QED) is 0.493. The molecule has 1 aromatic rings. The molecule has 1 amide bonds. The first-order valence-electron chi connectivity index (χ1n) is 7.11. The number of amides is 1. The standard InChI is InChI=1S/C12H17N5O4S/c18-5-8-9(19)17-6-12(11(20)21,22-10(8)17)3-1-2-4-16-7-13-14-15-16/h7-8,10,18H,1-6H2,(H,20,21)/t8-,10+,12?/m0/s1. The van der Waals surface area contributed by atoms with Gasteiger partial charge in [-0.3, -0.25) is 9.59 Å². The van der Waals surface area contributed by atoms with Gasteiger partial charge in [0.05, 0.1) is 17.9 Å². The maximum atomic E-state index is 11.8. The number of rotatable bonds is 7. The molecule has 0 aliphatic carbocycles. The van der Waals surface area contributed by atoms with Gasteiger partial charge in [-0.05, 0) is 29.7 Å². The van der Waals surface area contributed by atoms with Crippen LogP contribution in [0.25, 0.3) is 0 Å². The van der Waals surface area contributed by atoms with Crippen LogP contribution in [-0.2, 0) is 16.1 Å². The molecule has 3 rings (SSSR count). The number of unbranched alkanes of at least 4 members (excludes halogenated alkanes) is 1. The minimum Gasteiger partial charge on any atom is -0.480 e. The van der Waals surface area contributed by atoms with Gasteiger partial charge in [0, 0.05) is 13.1 Å². The summed E-state index contributed by atoms with van der Waals surface area (Å²) in [5.41, 5.74) is 0. The first-order valence-corrected chi connectivity index (χ1v) is 7.99. The number of fused-ring (bicyclic) bond motifs is 1. The van der Waals surface area contributed by atoms with Crippen molar-refractivity contribution in [1.29, 1.82) is 0 Å². The summed E-state index contributed by atoms with van der Waals surface area (Å²) in [4.78, 5) is 25.1. The van der Waals surface area contributed by atoms with Gasteiger partial charge in [-0.25, -0.2) is 4.68 Å². The molecule has 0 spiro atoms. The maximum absolute atomic E-state index is 11.8. The Morgan fingerprint density at radius 2 is 2.32 bits per heavy atom. The Balaban J connectivity index is 1.57. The fourth-order valence-electron chi connectivity index (χ4n) is 2.95. The van der Waals surface area contributed by atoms with E-state index in [9.17, 15) is 19.8 Å². The number of aryl methyl sites for hydroxylation is 1. The summed E-state index contributed by atoms with van der Waals surface area (Å²) in [6.45, 7) is 0.637. The number of aromatic nitrogens is 4. The van der Waals surface area contributed by atoms with E-state index in [1.165, 1.54) is 18.1 Å². The van der Waals surface area contributed by atoms with Crippen molar-refractivity contribution >= 4 is 23.6 Å². The Bertz CT molecular complexity index is 568. The van der Waals surface area contributed by atoms with Crippen LogP contribution >= 0.6 is 11.8 Å². The van der Waals surface area contributed by atoms with Gasteiger partial charge in [0.25, 0.3) is 0 Å². The van der Waals surface area contributed by atoms with E-state index in [2.05, 4.69) is 15.5 Å². The molecule has 120 valence electrons. The second-order valence-electron chi connectivity index (χ2n) is 5.59. The molecule has 2 aliphatic heterocycles. The zero-order valence-electron chi connectivity index (χ0n) is 11.8. The van der Waals surface area contributed by atoms with Crippen molar-refractivity contribution in [2.24, 2.45) is 5.92 Å².